The zero-order valence-corrected chi connectivity index (χ0v) is 12.6. The lowest BCUT2D eigenvalue weighted by atomic mass is 10.0. The van der Waals surface area contributed by atoms with Gasteiger partial charge in [-0.25, -0.2) is 19.3 Å². The summed E-state index contributed by atoms with van der Waals surface area (Å²) in [5.74, 6) is -0.310. The molecule has 0 fully saturated rings. The maximum Gasteiger partial charge on any atom is 0.169 e. The van der Waals surface area contributed by atoms with E-state index in [1.807, 2.05) is 36.4 Å². The van der Waals surface area contributed by atoms with E-state index in [-0.39, 0.29) is 11.0 Å². The molecule has 0 amide bonds. The van der Waals surface area contributed by atoms with Gasteiger partial charge in [0.1, 0.15) is 24.0 Å². The molecule has 2 aromatic carbocycles. The molecule has 2 heterocycles. The second-order valence-electron chi connectivity index (χ2n) is 4.98. The van der Waals surface area contributed by atoms with Crippen LogP contribution in [-0.2, 0) is 0 Å². The fourth-order valence-electron chi connectivity index (χ4n) is 2.50. The van der Waals surface area contributed by atoms with Crippen LogP contribution >= 0.6 is 11.6 Å². The number of fused-ring (bicyclic) bond motifs is 1. The fourth-order valence-corrected chi connectivity index (χ4v) is 2.68. The quantitative estimate of drug-likeness (QED) is 0.517. The summed E-state index contributed by atoms with van der Waals surface area (Å²) in [6, 6.07) is 14.4. The Bertz CT molecular complexity index is 998. The van der Waals surface area contributed by atoms with E-state index in [9.17, 15) is 4.39 Å². The van der Waals surface area contributed by atoms with Gasteiger partial charge in [0.15, 0.2) is 10.8 Å². The molecule has 4 rings (SSSR count). The highest BCUT2D eigenvalue weighted by molar-refractivity contribution is 6.33. The van der Waals surface area contributed by atoms with Gasteiger partial charge in [-0.2, -0.15) is 0 Å². The lowest BCUT2D eigenvalue weighted by Gasteiger charge is -2.08. The molecule has 112 valence electrons. The molecular weight excluding hydrogens is 315 g/mol. The third kappa shape index (κ3) is 2.35. The molecule has 0 saturated carbocycles. The van der Waals surface area contributed by atoms with Crippen LogP contribution in [0.4, 0.5) is 4.39 Å². The Morgan fingerprint density at radius 2 is 1.78 bits per heavy atom. The van der Waals surface area contributed by atoms with Crippen LogP contribution in [0.25, 0.3) is 28.0 Å². The van der Waals surface area contributed by atoms with E-state index >= 15 is 0 Å². The molecule has 23 heavy (non-hydrogen) atoms. The minimum absolute atomic E-state index is 0.273. The SMILES string of the molecule is Fc1cc(-n2cnc3c(Cl)ncnc32)ccc1-c1ccccc1. The average molecular weight is 325 g/mol. The summed E-state index contributed by atoms with van der Waals surface area (Å²) in [6.45, 7) is 0. The Morgan fingerprint density at radius 1 is 0.957 bits per heavy atom. The largest absolute Gasteiger partial charge is 0.283 e. The number of nitrogens with zero attached hydrogens (tertiary/aromatic N) is 4. The van der Waals surface area contributed by atoms with Crippen LogP contribution in [0.3, 0.4) is 0 Å². The Balaban J connectivity index is 1.84. The van der Waals surface area contributed by atoms with Crippen LogP contribution in [0.2, 0.25) is 5.15 Å². The molecule has 2 aromatic heterocycles. The highest BCUT2D eigenvalue weighted by atomic mass is 35.5. The molecule has 0 spiro atoms. The molecule has 4 nitrogen and oxygen atoms in total. The predicted octanol–water partition coefficient (Wildman–Crippen LogP) is 4.28. The van der Waals surface area contributed by atoms with Crippen LogP contribution in [-0.4, -0.2) is 19.5 Å². The molecule has 0 aliphatic carbocycles. The number of hydrogen-bond acceptors (Lipinski definition) is 3. The van der Waals surface area contributed by atoms with Gasteiger partial charge in [0, 0.05) is 5.56 Å². The van der Waals surface area contributed by atoms with Gasteiger partial charge in [0.2, 0.25) is 0 Å². The first-order chi connectivity index (χ1) is 11.2. The summed E-state index contributed by atoms with van der Waals surface area (Å²) in [5.41, 5.74) is 3.03. The van der Waals surface area contributed by atoms with Crippen LogP contribution in [0, 0.1) is 5.82 Å². The highest BCUT2D eigenvalue weighted by Gasteiger charge is 2.12. The number of hydrogen-bond donors (Lipinski definition) is 0. The first-order valence-corrected chi connectivity index (χ1v) is 7.31. The third-order valence-corrected chi connectivity index (χ3v) is 3.88. The summed E-state index contributed by atoms with van der Waals surface area (Å²) in [7, 11) is 0. The summed E-state index contributed by atoms with van der Waals surface area (Å²) < 4.78 is 16.2. The van der Waals surface area contributed by atoms with E-state index in [1.54, 1.807) is 17.0 Å². The normalized spacial score (nSPS) is 11.0. The summed E-state index contributed by atoms with van der Waals surface area (Å²) in [4.78, 5) is 12.2. The molecule has 0 saturated heterocycles. The van der Waals surface area contributed by atoms with Gasteiger partial charge in [-0.05, 0) is 23.8 Å². The third-order valence-electron chi connectivity index (χ3n) is 3.60. The molecule has 0 N–H and O–H groups in total. The van der Waals surface area contributed by atoms with Crippen molar-refractivity contribution in [3.8, 4) is 16.8 Å². The lowest BCUT2D eigenvalue weighted by molar-refractivity contribution is 0.630. The van der Waals surface area contributed by atoms with Gasteiger partial charge in [-0.1, -0.05) is 41.9 Å². The van der Waals surface area contributed by atoms with Crippen molar-refractivity contribution in [2.45, 2.75) is 0 Å². The van der Waals surface area contributed by atoms with E-state index < -0.39 is 0 Å². The number of benzene rings is 2. The highest BCUT2D eigenvalue weighted by Crippen LogP contribution is 2.26. The van der Waals surface area contributed by atoms with Crippen LogP contribution in [0.5, 0.6) is 0 Å². The lowest BCUT2D eigenvalue weighted by Crippen LogP contribution is -1.96. The Labute approximate surface area is 136 Å². The summed E-state index contributed by atoms with van der Waals surface area (Å²) in [6.07, 6.45) is 2.92. The second kappa shape index (κ2) is 5.44. The Kier molecular flexibility index (Phi) is 3.28. The number of halogens is 2. The number of aromatic nitrogens is 4. The van der Waals surface area contributed by atoms with Gasteiger partial charge in [0.25, 0.3) is 0 Å². The van der Waals surface area contributed by atoms with E-state index in [1.165, 1.54) is 12.4 Å². The molecule has 0 atom stereocenters. The van der Waals surface area contributed by atoms with Crippen LogP contribution in [0.15, 0.2) is 61.2 Å². The van der Waals surface area contributed by atoms with Gasteiger partial charge >= 0.3 is 0 Å². The van der Waals surface area contributed by atoms with Crippen molar-refractivity contribution in [2.24, 2.45) is 0 Å². The van der Waals surface area contributed by atoms with E-state index in [4.69, 9.17) is 11.6 Å². The van der Waals surface area contributed by atoms with Gasteiger partial charge < -0.3 is 0 Å². The van der Waals surface area contributed by atoms with Gasteiger partial charge in [-0.3, -0.25) is 4.57 Å². The van der Waals surface area contributed by atoms with Crippen molar-refractivity contribution >= 4 is 22.8 Å². The van der Waals surface area contributed by atoms with Crippen LogP contribution in [0.1, 0.15) is 0 Å². The first-order valence-electron chi connectivity index (χ1n) is 6.93. The molecule has 6 heteroatoms. The zero-order valence-electron chi connectivity index (χ0n) is 11.8. The molecule has 0 unspecified atom stereocenters. The molecule has 4 aromatic rings. The van der Waals surface area contributed by atoms with Gasteiger partial charge in [-0.15, -0.1) is 0 Å². The molecule has 0 aliphatic heterocycles. The average Bonchev–Trinajstić information content (AvgIpc) is 3.01. The van der Waals surface area contributed by atoms with E-state index in [2.05, 4.69) is 15.0 Å². The molecule has 0 radical (unpaired) electrons. The van der Waals surface area contributed by atoms with Crippen molar-refractivity contribution in [3.63, 3.8) is 0 Å². The Hall–Kier alpha value is -2.79. The second-order valence-corrected chi connectivity index (χ2v) is 5.34. The van der Waals surface area contributed by atoms with E-state index in [0.717, 1.165) is 5.56 Å². The van der Waals surface area contributed by atoms with E-state index in [0.29, 0.717) is 22.4 Å². The maximum atomic E-state index is 14.5. The summed E-state index contributed by atoms with van der Waals surface area (Å²) >= 11 is 5.99. The minimum Gasteiger partial charge on any atom is -0.283 e. The minimum atomic E-state index is -0.310. The zero-order chi connectivity index (χ0) is 15.8. The Morgan fingerprint density at radius 3 is 2.57 bits per heavy atom. The van der Waals surface area contributed by atoms with Crippen molar-refractivity contribution in [1.82, 2.24) is 19.5 Å². The molecular formula is C17H10ClFN4. The van der Waals surface area contributed by atoms with Crippen LogP contribution < -0.4 is 0 Å². The van der Waals surface area contributed by atoms with Gasteiger partial charge in [0.05, 0.1) is 5.69 Å². The molecule has 0 aliphatic rings. The topological polar surface area (TPSA) is 43.6 Å². The van der Waals surface area contributed by atoms with Crippen molar-refractivity contribution in [2.75, 3.05) is 0 Å². The van der Waals surface area contributed by atoms with Crippen molar-refractivity contribution in [1.29, 1.82) is 0 Å². The van der Waals surface area contributed by atoms with Crippen molar-refractivity contribution < 1.29 is 4.39 Å². The monoisotopic (exact) mass is 324 g/mol. The first kappa shape index (κ1) is 13.8. The number of imidazole rings is 1. The summed E-state index contributed by atoms with van der Waals surface area (Å²) in [5, 5.41) is 0.273. The predicted molar refractivity (Wildman–Crippen MR) is 87.1 cm³/mol. The number of rotatable bonds is 2. The maximum absolute atomic E-state index is 14.5. The van der Waals surface area contributed by atoms with Crippen molar-refractivity contribution in [3.05, 3.63) is 72.2 Å². The standard InChI is InChI=1S/C17H10ClFN4/c18-16-15-17(21-9-20-16)23(10-22-15)12-6-7-13(14(19)8-12)11-4-2-1-3-5-11/h1-10H. The molecule has 0 bridgehead atoms. The fraction of sp³-hybridized carbons (Fsp3) is 0. The smallest absolute Gasteiger partial charge is 0.169 e.